The molecule has 2 aromatic rings. The van der Waals surface area contributed by atoms with E-state index >= 15 is 0 Å². The second-order valence-corrected chi connectivity index (χ2v) is 8.07. The number of amides is 3. The predicted molar refractivity (Wildman–Crippen MR) is 119 cm³/mol. The Bertz CT molecular complexity index is 1000. The van der Waals surface area contributed by atoms with Crippen molar-refractivity contribution >= 4 is 52.3 Å². The molecule has 0 bridgehead atoms. The van der Waals surface area contributed by atoms with Gasteiger partial charge >= 0.3 is 0 Å². The molecule has 0 aromatic heterocycles. The Hall–Kier alpha value is -2.91. The van der Waals surface area contributed by atoms with Crippen LogP contribution in [0.2, 0.25) is 0 Å². The number of thioether (sulfide) groups is 2. The van der Waals surface area contributed by atoms with Crippen molar-refractivity contribution in [2.45, 2.75) is 4.90 Å². The first-order valence-electron chi connectivity index (χ1n) is 8.86. The number of anilines is 1. The van der Waals surface area contributed by atoms with Crippen LogP contribution in [0.5, 0.6) is 11.5 Å². The Labute approximate surface area is 182 Å². The van der Waals surface area contributed by atoms with Crippen LogP contribution in [-0.2, 0) is 9.59 Å². The summed E-state index contributed by atoms with van der Waals surface area (Å²) >= 11 is 2.34. The van der Waals surface area contributed by atoms with Gasteiger partial charge in [0, 0.05) is 16.6 Å². The minimum absolute atomic E-state index is 0.229. The van der Waals surface area contributed by atoms with Crippen molar-refractivity contribution in [2.24, 2.45) is 0 Å². The lowest BCUT2D eigenvalue weighted by atomic mass is 10.2. The number of nitrogens with zero attached hydrogens (tertiary/aromatic N) is 1. The van der Waals surface area contributed by atoms with Gasteiger partial charge in [-0.2, -0.15) is 0 Å². The summed E-state index contributed by atoms with van der Waals surface area (Å²) in [6, 6.07) is 12.5. The summed E-state index contributed by atoms with van der Waals surface area (Å²) in [5.74, 6) is 0.165. The maximum atomic E-state index is 12.7. The molecule has 30 heavy (non-hydrogen) atoms. The zero-order chi connectivity index (χ0) is 21.7. The summed E-state index contributed by atoms with van der Waals surface area (Å²) in [5.41, 5.74) is 1.26. The minimum atomic E-state index is -0.514. The Morgan fingerprint density at radius 2 is 1.83 bits per heavy atom. The van der Waals surface area contributed by atoms with Crippen LogP contribution < -0.4 is 14.8 Å². The topological polar surface area (TPSA) is 84.9 Å². The Morgan fingerprint density at radius 3 is 2.47 bits per heavy atom. The number of benzene rings is 2. The van der Waals surface area contributed by atoms with Gasteiger partial charge < -0.3 is 14.8 Å². The molecule has 156 valence electrons. The molecule has 0 saturated carbocycles. The minimum Gasteiger partial charge on any atom is -0.497 e. The summed E-state index contributed by atoms with van der Waals surface area (Å²) in [6.45, 7) is -0.354. The number of hydrogen-bond donors (Lipinski definition) is 1. The van der Waals surface area contributed by atoms with Crippen molar-refractivity contribution in [3.8, 4) is 11.5 Å². The highest BCUT2D eigenvalue weighted by Crippen LogP contribution is 2.33. The fourth-order valence-corrected chi connectivity index (χ4v) is 4.04. The van der Waals surface area contributed by atoms with Gasteiger partial charge in [-0.05, 0) is 60.0 Å². The molecule has 3 amide bonds. The lowest BCUT2D eigenvalue weighted by Gasteiger charge is -2.12. The van der Waals surface area contributed by atoms with Crippen LogP contribution in [0.1, 0.15) is 5.56 Å². The molecule has 1 saturated heterocycles. The number of hydrogen-bond acceptors (Lipinski definition) is 7. The number of carbonyl (C=O) groups is 3. The summed E-state index contributed by atoms with van der Waals surface area (Å²) in [7, 11) is 3.06. The third-order valence-electron chi connectivity index (χ3n) is 4.20. The van der Waals surface area contributed by atoms with Crippen molar-refractivity contribution in [1.29, 1.82) is 0 Å². The van der Waals surface area contributed by atoms with E-state index in [-0.39, 0.29) is 11.4 Å². The van der Waals surface area contributed by atoms with Crippen LogP contribution in [0.3, 0.4) is 0 Å². The third kappa shape index (κ3) is 5.17. The van der Waals surface area contributed by atoms with E-state index in [9.17, 15) is 14.4 Å². The fourth-order valence-electron chi connectivity index (χ4n) is 2.75. The van der Waals surface area contributed by atoms with Gasteiger partial charge in [-0.3, -0.25) is 19.3 Å². The number of rotatable bonds is 7. The van der Waals surface area contributed by atoms with Crippen molar-refractivity contribution in [3.63, 3.8) is 0 Å². The molecule has 1 aliphatic heterocycles. The predicted octanol–water partition coefficient (Wildman–Crippen LogP) is 4.10. The monoisotopic (exact) mass is 444 g/mol. The second-order valence-electron chi connectivity index (χ2n) is 6.19. The van der Waals surface area contributed by atoms with Gasteiger partial charge in [-0.15, -0.1) is 11.8 Å². The van der Waals surface area contributed by atoms with E-state index < -0.39 is 17.1 Å². The standard InChI is InChI=1S/C21H20N2O5S2/c1-27-15-7-13(8-16(11-15)28-2)9-18-20(25)23(21(26)30-18)12-19(24)22-14-5-4-6-17(10-14)29-3/h4-11H,12H2,1-3H3,(H,22,24)/b18-9+. The average molecular weight is 445 g/mol. The molecular formula is C21H20N2O5S2. The molecule has 1 fully saturated rings. The van der Waals surface area contributed by atoms with Gasteiger partial charge in [-0.1, -0.05) is 6.07 Å². The summed E-state index contributed by atoms with van der Waals surface area (Å²) in [4.78, 5) is 39.5. The van der Waals surface area contributed by atoms with E-state index in [4.69, 9.17) is 9.47 Å². The van der Waals surface area contributed by atoms with Gasteiger partial charge in [0.2, 0.25) is 5.91 Å². The summed E-state index contributed by atoms with van der Waals surface area (Å²) < 4.78 is 10.4. The maximum absolute atomic E-state index is 12.7. The average Bonchev–Trinajstić information content (AvgIpc) is 3.00. The lowest BCUT2D eigenvalue weighted by Crippen LogP contribution is -2.36. The number of carbonyl (C=O) groups excluding carboxylic acids is 3. The number of nitrogens with one attached hydrogen (secondary N) is 1. The van der Waals surface area contributed by atoms with Crippen molar-refractivity contribution in [1.82, 2.24) is 4.90 Å². The number of methoxy groups -OCH3 is 2. The molecule has 9 heteroatoms. The van der Waals surface area contributed by atoms with Crippen LogP contribution in [-0.4, -0.2) is 49.0 Å². The smallest absolute Gasteiger partial charge is 0.294 e. The zero-order valence-electron chi connectivity index (χ0n) is 16.6. The van der Waals surface area contributed by atoms with Crippen LogP contribution in [0.15, 0.2) is 52.3 Å². The Morgan fingerprint density at radius 1 is 1.13 bits per heavy atom. The van der Waals surface area contributed by atoms with E-state index in [1.54, 1.807) is 42.1 Å². The highest BCUT2D eigenvalue weighted by atomic mass is 32.2. The molecule has 0 atom stereocenters. The molecule has 0 spiro atoms. The third-order valence-corrected chi connectivity index (χ3v) is 5.83. The summed E-state index contributed by atoms with van der Waals surface area (Å²) in [5, 5.41) is 2.23. The molecule has 0 unspecified atom stereocenters. The second kappa shape index (κ2) is 9.73. The molecule has 3 rings (SSSR count). The Balaban J connectivity index is 1.73. The lowest BCUT2D eigenvalue weighted by molar-refractivity contribution is -0.127. The van der Waals surface area contributed by atoms with Gasteiger partial charge in [0.25, 0.3) is 11.1 Å². The largest absolute Gasteiger partial charge is 0.497 e. The van der Waals surface area contributed by atoms with Crippen molar-refractivity contribution in [3.05, 3.63) is 52.9 Å². The SMILES string of the molecule is COc1cc(/C=C2/SC(=O)N(CC(=O)Nc3cccc(SC)c3)C2=O)cc(OC)c1. The Kier molecular flexibility index (Phi) is 7.07. The molecule has 1 aliphatic rings. The highest BCUT2D eigenvalue weighted by Gasteiger charge is 2.36. The first-order valence-corrected chi connectivity index (χ1v) is 10.9. The fraction of sp³-hybridized carbons (Fsp3) is 0.190. The normalized spacial score (nSPS) is 14.9. The van der Waals surface area contributed by atoms with Crippen LogP contribution in [0.4, 0.5) is 10.5 Å². The van der Waals surface area contributed by atoms with Gasteiger partial charge in [-0.25, -0.2) is 0 Å². The molecular weight excluding hydrogens is 424 g/mol. The van der Waals surface area contributed by atoms with E-state index in [0.717, 1.165) is 21.6 Å². The molecule has 7 nitrogen and oxygen atoms in total. The van der Waals surface area contributed by atoms with E-state index in [1.807, 2.05) is 24.5 Å². The van der Waals surface area contributed by atoms with Gasteiger partial charge in [0.05, 0.1) is 19.1 Å². The molecule has 1 heterocycles. The number of ether oxygens (including phenoxy) is 2. The van der Waals surface area contributed by atoms with Crippen LogP contribution in [0, 0.1) is 0 Å². The summed E-state index contributed by atoms with van der Waals surface area (Å²) in [6.07, 6.45) is 3.52. The highest BCUT2D eigenvalue weighted by molar-refractivity contribution is 8.18. The van der Waals surface area contributed by atoms with Crippen LogP contribution in [0.25, 0.3) is 6.08 Å². The zero-order valence-corrected chi connectivity index (χ0v) is 18.3. The van der Waals surface area contributed by atoms with Gasteiger partial charge in [0.15, 0.2) is 0 Å². The van der Waals surface area contributed by atoms with Crippen molar-refractivity contribution in [2.75, 3.05) is 32.3 Å². The number of imide groups is 1. The molecule has 0 aliphatic carbocycles. The maximum Gasteiger partial charge on any atom is 0.294 e. The first-order chi connectivity index (χ1) is 14.4. The molecule has 1 N–H and O–H groups in total. The first kappa shape index (κ1) is 21.8. The van der Waals surface area contributed by atoms with E-state index in [1.165, 1.54) is 14.2 Å². The van der Waals surface area contributed by atoms with Gasteiger partial charge in [0.1, 0.15) is 18.0 Å². The molecule has 0 radical (unpaired) electrons. The van der Waals surface area contributed by atoms with E-state index in [2.05, 4.69) is 5.32 Å². The van der Waals surface area contributed by atoms with Crippen LogP contribution >= 0.6 is 23.5 Å². The van der Waals surface area contributed by atoms with E-state index in [0.29, 0.717) is 22.7 Å². The molecule has 2 aromatic carbocycles. The quantitative estimate of drug-likeness (QED) is 0.508. The van der Waals surface area contributed by atoms with Crippen molar-refractivity contribution < 1.29 is 23.9 Å².